The zero-order valence-electron chi connectivity index (χ0n) is 12.8. The minimum Gasteiger partial charge on any atom is -0.309 e. The monoisotopic (exact) mass is 333 g/mol. The third kappa shape index (κ3) is 3.99. The van der Waals surface area contributed by atoms with Gasteiger partial charge < -0.3 is 5.32 Å². The summed E-state index contributed by atoms with van der Waals surface area (Å²) >= 11 is 6.32. The van der Waals surface area contributed by atoms with E-state index in [-0.39, 0.29) is 18.0 Å². The number of halogens is 1. The summed E-state index contributed by atoms with van der Waals surface area (Å²) in [4.78, 5) is 0. The second-order valence-electron chi connectivity index (χ2n) is 6.03. The molecule has 0 bridgehead atoms. The van der Waals surface area contributed by atoms with Crippen molar-refractivity contribution in [1.29, 1.82) is 0 Å². The van der Waals surface area contributed by atoms with Crippen molar-refractivity contribution >= 4 is 21.4 Å². The number of hydrogen-bond donors (Lipinski definition) is 1. The summed E-state index contributed by atoms with van der Waals surface area (Å²) in [7, 11) is -2.84. The molecule has 2 rings (SSSR count). The van der Waals surface area contributed by atoms with E-state index in [1.165, 1.54) is 0 Å². The van der Waals surface area contributed by atoms with Crippen molar-refractivity contribution in [3.63, 3.8) is 0 Å². The Balaban J connectivity index is 2.21. The highest BCUT2D eigenvalue weighted by Gasteiger charge is 2.32. The summed E-state index contributed by atoms with van der Waals surface area (Å²) in [6.45, 7) is 6.98. The van der Waals surface area contributed by atoms with Crippen LogP contribution in [0.3, 0.4) is 0 Å². The lowest BCUT2D eigenvalue weighted by Gasteiger charge is -2.24. The van der Waals surface area contributed by atoms with Gasteiger partial charge in [-0.25, -0.2) is 8.42 Å². The molecule has 0 spiro atoms. The van der Waals surface area contributed by atoms with Gasteiger partial charge in [0.25, 0.3) is 0 Å². The van der Waals surface area contributed by atoms with Crippen LogP contribution in [0.15, 0.2) is 6.20 Å². The second-order valence-corrected chi connectivity index (χ2v) is 8.67. The molecule has 1 N–H and O–H groups in total. The minimum absolute atomic E-state index is 0.0469. The van der Waals surface area contributed by atoms with E-state index in [0.29, 0.717) is 16.5 Å². The number of nitrogens with zero attached hydrogens (tertiary/aromatic N) is 2. The van der Waals surface area contributed by atoms with E-state index in [2.05, 4.69) is 24.3 Å². The Hall–Kier alpha value is -0.590. The van der Waals surface area contributed by atoms with Gasteiger partial charge in [-0.15, -0.1) is 0 Å². The lowest BCUT2D eigenvalue weighted by molar-refractivity contribution is 0.384. The predicted molar refractivity (Wildman–Crippen MR) is 85.4 cm³/mol. The molecular weight excluding hydrogens is 310 g/mol. The lowest BCUT2D eigenvalue weighted by Crippen LogP contribution is -2.27. The first-order valence-corrected chi connectivity index (χ1v) is 9.70. The van der Waals surface area contributed by atoms with E-state index in [9.17, 15) is 8.42 Å². The van der Waals surface area contributed by atoms with Gasteiger partial charge in [0.1, 0.15) is 0 Å². The van der Waals surface area contributed by atoms with Crippen LogP contribution >= 0.6 is 11.6 Å². The fraction of sp³-hybridized carbons (Fsp3) is 0.786. The molecule has 0 radical (unpaired) electrons. The molecule has 1 aliphatic rings. The summed E-state index contributed by atoms with van der Waals surface area (Å²) in [6.07, 6.45) is 3.20. The van der Waals surface area contributed by atoms with Crippen LogP contribution in [0.1, 0.15) is 51.4 Å². The molecule has 1 aliphatic heterocycles. The molecule has 0 aliphatic carbocycles. The zero-order chi connectivity index (χ0) is 15.6. The number of sulfone groups is 1. The summed E-state index contributed by atoms with van der Waals surface area (Å²) in [5.41, 5.74) is 0.970. The van der Waals surface area contributed by atoms with Crippen molar-refractivity contribution in [1.82, 2.24) is 15.1 Å². The molecule has 21 heavy (non-hydrogen) atoms. The molecule has 120 valence electrons. The van der Waals surface area contributed by atoms with Crippen LogP contribution in [0.5, 0.6) is 0 Å². The summed E-state index contributed by atoms with van der Waals surface area (Å²) in [5, 5.41) is 8.43. The highest BCUT2D eigenvalue weighted by atomic mass is 35.5. The molecule has 5 nitrogen and oxygen atoms in total. The molecule has 2 heterocycles. The second kappa shape index (κ2) is 6.67. The third-order valence-electron chi connectivity index (χ3n) is 3.95. The van der Waals surface area contributed by atoms with E-state index in [1.54, 1.807) is 6.20 Å². The molecular formula is C14H24ClN3O2S. The predicted octanol–water partition coefficient (Wildman–Crippen LogP) is 2.59. The molecule has 1 saturated heterocycles. The van der Waals surface area contributed by atoms with Gasteiger partial charge in [0.15, 0.2) is 9.84 Å². The van der Waals surface area contributed by atoms with Crippen molar-refractivity contribution in [3.05, 3.63) is 16.9 Å². The maximum absolute atomic E-state index is 11.6. The Labute approximate surface area is 132 Å². The molecule has 0 aromatic carbocycles. The van der Waals surface area contributed by atoms with Gasteiger partial charge in [-0.2, -0.15) is 5.10 Å². The Kier molecular flexibility index (Phi) is 5.33. The molecule has 1 fully saturated rings. The van der Waals surface area contributed by atoms with Crippen molar-refractivity contribution in [2.75, 3.05) is 18.1 Å². The van der Waals surface area contributed by atoms with E-state index in [0.717, 1.165) is 25.1 Å². The number of rotatable bonds is 6. The van der Waals surface area contributed by atoms with Gasteiger partial charge >= 0.3 is 0 Å². The van der Waals surface area contributed by atoms with Gasteiger partial charge in [-0.1, -0.05) is 18.5 Å². The average Bonchev–Trinajstić information content (AvgIpc) is 2.92. The van der Waals surface area contributed by atoms with Gasteiger partial charge in [-0.05, 0) is 39.2 Å². The fourth-order valence-electron chi connectivity index (χ4n) is 3.02. The molecule has 1 aromatic rings. The van der Waals surface area contributed by atoms with Crippen LogP contribution in [0, 0.1) is 5.92 Å². The summed E-state index contributed by atoms with van der Waals surface area (Å²) in [6, 6.07) is 0.270. The first-order valence-electron chi connectivity index (χ1n) is 7.50. The van der Waals surface area contributed by atoms with E-state index >= 15 is 0 Å². The smallest absolute Gasteiger partial charge is 0.150 e. The van der Waals surface area contributed by atoms with Gasteiger partial charge in [0.05, 0.1) is 34.5 Å². The van der Waals surface area contributed by atoms with Crippen LogP contribution in [-0.4, -0.2) is 36.2 Å². The number of nitrogens with one attached hydrogen (secondary N) is 1. The molecule has 0 saturated carbocycles. The van der Waals surface area contributed by atoms with Crippen LogP contribution in [0.25, 0.3) is 0 Å². The van der Waals surface area contributed by atoms with Crippen molar-refractivity contribution < 1.29 is 8.42 Å². The molecule has 2 unspecified atom stereocenters. The molecule has 7 heteroatoms. The number of aromatic nitrogens is 2. The maximum Gasteiger partial charge on any atom is 0.150 e. The quantitative estimate of drug-likeness (QED) is 0.869. The summed E-state index contributed by atoms with van der Waals surface area (Å²) < 4.78 is 25.2. The van der Waals surface area contributed by atoms with Crippen molar-refractivity contribution in [3.8, 4) is 0 Å². The standard InChI is InChI=1S/C14H24ClN3O2S/c1-4-16-13(7-11-5-6-21(19,20)9-11)14-12(15)8-17-18(14)10(2)3/h8,10-11,13,16H,4-7,9H2,1-3H3. The Bertz CT molecular complexity index is 583. The van der Waals surface area contributed by atoms with E-state index in [4.69, 9.17) is 11.6 Å². The SMILES string of the molecule is CCNC(CC1CCS(=O)(=O)C1)c1c(Cl)cnn1C(C)C. The van der Waals surface area contributed by atoms with Crippen LogP contribution < -0.4 is 5.32 Å². The number of hydrogen-bond acceptors (Lipinski definition) is 4. The van der Waals surface area contributed by atoms with Crippen LogP contribution in [-0.2, 0) is 9.84 Å². The zero-order valence-corrected chi connectivity index (χ0v) is 14.4. The normalized spacial score (nSPS) is 22.8. The largest absolute Gasteiger partial charge is 0.309 e. The average molecular weight is 334 g/mol. The Morgan fingerprint density at radius 1 is 1.52 bits per heavy atom. The van der Waals surface area contributed by atoms with Gasteiger partial charge in [-0.3, -0.25) is 4.68 Å². The van der Waals surface area contributed by atoms with Crippen molar-refractivity contribution in [2.45, 2.75) is 45.7 Å². The van der Waals surface area contributed by atoms with Gasteiger partial charge in [0, 0.05) is 6.04 Å². The Morgan fingerprint density at radius 3 is 2.76 bits per heavy atom. The van der Waals surface area contributed by atoms with E-state index < -0.39 is 9.84 Å². The lowest BCUT2D eigenvalue weighted by atomic mass is 9.97. The molecule has 0 amide bonds. The summed E-state index contributed by atoms with van der Waals surface area (Å²) in [5.74, 6) is 0.807. The molecule has 1 aromatic heterocycles. The first-order chi connectivity index (χ1) is 9.84. The Morgan fingerprint density at radius 2 is 2.24 bits per heavy atom. The topological polar surface area (TPSA) is 64.0 Å². The van der Waals surface area contributed by atoms with Gasteiger partial charge in [0.2, 0.25) is 0 Å². The fourth-order valence-corrected chi connectivity index (χ4v) is 5.16. The van der Waals surface area contributed by atoms with Crippen molar-refractivity contribution in [2.24, 2.45) is 5.92 Å². The molecule has 2 atom stereocenters. The highest BCUT2D eigenvalue weighted by Crippen LogP contribution is 2.33. The van der Waals surface area contributed by atoms with E-state index in [1.807, 2.05) is 11.6 Å². The van der Waals surface area contributed by atoms with Crippen LogP contribution in [0.2, 0.25) is 5.02 Å². The maximum atomic E-state index is 11.6. The first kappa shape index (κ1) is 16.8. The minimum atomic E-state index is -2.84. The van der Waals surface area contributed by atoms with Crippen LogP contribution in [0.4, 0.5) is 0 Å². The third-order valence-corrected chi connectivity index (χ3v) is 6.08. The highest BCUT2D eigenvalue weighted by molar-refractivity contribution is 7.91.